The maximum absolute atomic E-state index is 10.1. The zero-order valence-electron chi connectivity index (χ0n) is 43.1. The lowest BCUT2D eigenvalue weighted by Gasteiger charge is -2.20. The first-order valence-corrected chi connectivity index (χ1v) is 14.6. The van der Waals surface area contributed by atoms with Gasteiger partial charge in [-0.2, -0.15) is 0 Å². The summed E-state index contributed by atoms with van der Waals surface area (Å²) in [6.45, 7) is 0. The Hall–Kier alpha value is -6.18. The fourth-order valence-corrected chi connectivity index (χ4v) is 6.50. The summed E-state index contributed by atoms with van der Waals surface area (Å²) < 4.78 is 178. The molecule has 10 rings (SSSR count). The van der Waals surface area contributed by atoms with Gasteiger partial charge in [-0.3, -0.25) is 0 Å². The van der Waals surface area contributed by atoms with Crippen LogP contribution in [-0.2, 0) is 0 Å². The second-order valence-electron chi connectivity index (χ2n) is 11.0. The summed E-state index contributed by atoms with van der Waals surface area (Å²) in [7, 11) is 0. The number of rotatable bonds is 3. The normalized spacial score (nSPS) is 17.5. The van der Waals surface area contributed by atoms with Crippen LogP contribution >= 0.6 is 0 Å². The standard InChI is InChI=1S/C46H28O/c1-2-13-29(14-3-1)30-25-26-38-42(27-30)45(40-23-12-22-39-35-19-10-11-24-43(35)47-46(39)40)37-21-9-8-20-36(37)44(38)41-28-31-15-4-5-16-32(31)33-17-6-7-18-34(33)41/h1-28H/i1D,2D,3D,8D,9D,10D,11D,12D,13D,14D,19D,20D,21D,22D,23D,24D,25D,26D,27D. The van der Waals surface area contributed by atoms with Crippen LogP contribution in [0.3, 0.4) is 0 Å². The summed E-state index contributed by atoms with van der Waals surface area (Å²) in [6, 6.07) is 2.09. The second kappa shape index (κ2) is 10.2. The Labute approximate surface area is 298 Å². The fraction of sp³-hybridized carbons (Fsp3) is 0. The largest absolute Gasteiger partial charge is 0.455 e. The number of furan rings is 1. The van der Waals surface area contributed by atoms with Crippen LogP contribution in [0.4, 0.5) is 0 Å². The lowest BCUT2D eigenvalue weighted by atomic mass is 9.83. The van der Waals surface area contributed by atoms with Gasteiger partial charge >= 0.3 is 0 Å². The second-order valence-corrected chi connectivity index (χ2v) is 11.0. The third kappa shape index (κ3) is 3.90. The summed E-state index contributed by atoms with van der Waals surface area (Å²) in [6.07, 6.45) is 0. The van der Waals surface area contributed by atoms with Gasteiger partial charge in [0, 0.05) is 21.9 Å². The highest BCUT2D eigenvalue weighted by Crippen LogP contribution is 2.49. The predicted octanol–water partition coefficient (Wildman–Crippen LogP) is 13.2. The topological polar surface area (TPSA) is 13.1 Å². The van der Waals surface area contributed by atoms with Crippen molar-refractivity contribution in [1.29, 1.82) is 0 Å². The SMILES string of the molecule is [2H]c1c([2H])c([2H])c(-c2c([2H])c([2H])c3c(-c4cc5ccccc5c5ccccc45)c4c([2H])c([2H])c([2H])c([2H])c4c(-c4c([2H])c([2H])c([2H])c5c4oc4c([2H])c([2H])c([2H])c([2H])c45)c3c2[2H])c([2H])c1[2H]. The van der Waals surface area contributed by atoms with Crippen molar-refractivity contribution in [3.63, 3.8) is 0 Å². The van der Waals surface area contributed by atoms with Crippen LogP contribution in [0.1, 0.15) is 26.0 Å². The molecule has 1 heteroatoms. The van der Waals surface area contributed by atoms with Gasteiger partial charge in [-0.15, -0.1) is 0 Å². The Morgan fingerprint density at radius 3 is 1.87 bits per heavy atom. The van der Waals surface area contributed by atoms with Crippen molar-refractivity contribution in [2.75, 3.05) is 0 Å². The van der Waals surface area contributed by atoms with E-state index in [2.05, 4.69) is 0 Å². The number of fused-ring (bicyclic) bond motifs is 8. The molecule has 0 aliphatic heterocycles. The summed E-state index contributed by atoms with van der Waals surface area (Å²) in [5.74, 6) is 0. The molecule has 0 fully saturated rings. The van der Waals surface area contributed by atoms with Crippen LogP contribution in [0.25, 0.3) is 98.4 Å². The summed E-state index contributed by atoms with van der Waals surface area (Å²) >= 11 is 0. The molecule has 1 aromatic heterocycles. The van der Waals surface area contributed by atoms with Crippen molar-refractivity contribution >= 4 is 65.0 Å². The van der Waals surface area contributed by atoms with E-state index >= 15 is 0 Å². The maximum atomic E-state index is 10.1. The van der Waals surface area contributed by atoms with Gasteiger partial charge in [0.25, 0.3) is 0 Å². The van der Waals surface area contributed by atoms with Crippen molar-refractivity contribution in [2.45, 2.75) is 0 Å². The van der Waals surface area contributed by atoms with Crippen molar-refractivity contribution in [2.24, 2.45) is 0 Å². The average Bonchev–Trinajstić information content (AvgIpc) is 3.72. The Bertz CT molecular complexity index is 3900. The number of benzene rings is 9. The zero-order chi connectivity index (χ0) is 47.4. The average molecular weight is 616 g/mol. The minimum atomic E-state index is -0.817. The molecule has 0 aliphatic rings. The van der Waals surface area contributed by atoms with E-state index in [9.17, 15) is 8.22 Å². The summed E-state index contributed by atoms with van der Waals surface area (Å²) in [5.41, 5.74) is -2.93. The molecule has 0 radical (unpaired) electrons. The Kier molecular flexibility index (Phi) is 2.96. The molecule has 0 saturated heterocycles. The fourth-order valence-electron chi connectivity index (χ4n) is 6.50. The molecule has 0 aliphatic carbocycles. The molecule has 10 aromatic rings. The van der Waals surface area contributed by atoms with E-state index in [-0.39, 0.29) is 32.5 Å². The molecule has 218 valence electrons. The molecule has 0 amide bonds. The van der Waals surface area contributed by atoms with Crippen molar-refractivity contribution in [3.05, 3.63) is 169 Å². The van der Waals surface area contributed by atoms with E-state index in [0.29, 0.717) is 21.7 Å². The maximum Gasteiger partial charge on any atom is 0.143 e. The molecule has 0 N–H and O–H groups in total. The number of hydrogen-bond donors (Lipinski definition) is 0. The first-order valence-electron chi connectivity index (χ1n) is 24.1. The van der Waals surface area contributed by atoms with Crippen LogP contribution in [-0.4, -0.2) is 0 Å². The lowest BCUT2D eigenvalue weighted by Crippen LogP contribution is -1.93. The highest BCUT2D eigenvalue weighted by molar-refractivity contribution is 6.27. The van der Waals surface area contributed by atoms with E-state index in [1.807, 2.05) is 24.3 Å². The predicted molar refractivity (Wildman–Crippen MR) is 200 cm³/mol. The Balaban J connectivity index is 1.60. The van der Waals surface area contributed by atoms with E-state index < -0.39 is 154 Å². The van der Waals surface area contributed by atoms with Crippen molar-refractivity contribution in [1.82, 2.24) is 0 Å². The quantitative estimate of drug-likeness (QED) is 0.142. The van der Waals surface area contributed by atoms with E-state index in [0.717, 1.165) is 5.39 Å². The molecule has 0 bridgehead atoms. The minimum absolute atomic E-state index is 0.0486. The number of hydrogen-bond acceptors (Lipinski definition) is 1. The third-order valence-corrected chi connectivity index (χ3v) is 8.47. The molecule has 9 aromatic carbocycles. The first-order chi connectivity index (χ1) is 31.2. The highest BCUT2D eigenvalue weighted by Gasteiger charge is 2.22. The monoisotopic (exact) mass is 615 g/mol. The molecule has 1 nitrogen and oxygen atoms in total. The molecular formula is C46H28O. The first kappa shape index (κ1) is 13.7. The molecule has 1 heterocycles. The van der Waals surface area contributed by atoms with Crippen LogP contribution in [0.15, 0.2) is 174 Å². The molecule has 0 spiro atoms. The molecule has 0 unspecified atom stereocenters. The molecule has 47 heavy (non-hydrogen) atoms. The van der Waals surface area contributed by atoms with Crippen LogP contribution in [0, 0.1) is 0 Å². The van der Waals surface area contributed by atoms with E-state index in [1.54, 1.807) is 30.3 Å². The zero-order valence-corrected chi connectivity index (χ0v) is 24.1. The van der Waals surface area contributed by atoms with E-state index in [4.69, 9.17) is 22.2 Å². The van der Waals surface area contributed by atoms with Gasteiger partial charge in [0.05, 0.1) is 26.0 Å². The Morgan fingerprint density at radius 2 is 1.04 bits per heavy atom. The molecule has 0 saturated carbocycles. The van der Waals surface area contributed by atoms with E-state index in [1.165, 1.54) is 0 Å². The van der Waals surface area contributed by atoms with Gasteiger partial charge in [-0.25, -0.2) is 0 Å². The van der Waals surface area contributed by atoms with Crippen LogP contribution in [0.2, 0.25) is 0 Å². The Morgan fingerprint density at radius 1 is 0.404 bits per heavy atom. The molecule has 0 atom stereocenters. The van der Waals surface area contributed by atoms with Gasteiger partial charge in [0.15, 0.2) is 0 Å². The highest BCUT2D eigenvalue weighted by atomic mass is 16.3. The van der Waals surface area contributed by atoms with Gasteiger partial charge in [-0.1, -0.05) is 151 Å². The third-order valence-electron chi connectivity index (χ3n) is 8.47. The van der Waals surface area contributed by atoms with Crippen LogP contribution in [0.5, 0.6) is 0 Å². The molecular weight excluding hydrogens is 569 g/mol. The van der Waals surface area contributed by atoms with Gasteiger partial charge in [0.1, 0.15) is 11.2 Å². The van der Waals surface area contributed by atoms with Crippen molar-refractivity contribution in [3.8, 4) is 33.4 Å². The summed E-state index contributed by atoms with van der Waals surface area (Å²) in [4.78, 5) is 0. The summed E-state index contributed by atoms with van der Waals surface area (Å²) in [5, 5.41) is 0.663. The lowest BCUT2D eigenvalue weighted by molar-refractivity contribution is 0.670. The van der Waals surface area contributed by atoms with Gasteiger partial charge in [-0.05, 0) is 83.5 Å². The van der Waals surface area contributed by atoms with Crippen molar-refractivity contribution < 1.29 is 30.5 Å². The number of para-hydroxylation sites is 2. The smallest absolute Gasteiger partial charge is 0.143 e. The minimum Gasteiger partial charge on any atom is -0.455 e. The van der Waals surface area contributed by atoms with Gasteiger partial charge < -0.3 is 4.42 Å². The van der Waals surface area contributed by atoms with Crippen LogP contribution < -0.4 is 0 Å². The van der Waals surface area contributed by atoms with Gasteiger partial charge in [0.2, 0.25) is 0 Å².